The maximum Gasteiger partial charge on any atom is 0.226 e. The van der Waals surface area contributed by atoms with E-state index in [2.05, 4.69) is 15.6 Å². The number of thiazole rings is 1. The monoisotopic (exact) mass is 373 g/mol. The lowest BCUT2D eigenvalue weighted by Gasteiger charge is -2.55. The molecule has 5 aliphatic rings. The van der Waals surface area contributed by atoms with Gasteiger partial charge >= 0.3 is 0 Å². The lowest BCUT2D eigenvalue weighted by atomic mass is 9.49. The molecule has 26 heavy (non-hydrogen) atoms. The van der Waals surface area contributed by atoms with Crippen molar-refractivity contribution in [1.82, 2.24) is 10.3 Å². The van der Waals surface area contributed by atoms with Crippen LogP contribution in [-0.2, 0) is 11.2 Å². The van der Waals surface area contributed by atoms with E-state index < -0.39 is 0 Å². The van der Waals surface area contributed by atoms with Crippen LogP contribution in [0.25, 0.3) is 0 Å². The fourth-order valence-corrected chi connectivity index (χ4v) is 7.44. The Kier molecular flexibility index (Phi) is 4.46. The van der Waals surface area contributed by atoms with Crippen molar-refractivity contribution >= 4 is 22.4 Å². The van der Waals surface area contributed by atoms with Crippen molar-refractivity contribution < 1.29 is 4.79 Å². The number of hydrogen-bond donors (Lipinski definition) is 1. The molecule has 4 saturated carbocycles. The normalized spacial score (nSPS) is 35.7. The van der Waals surface area contributed by atoms with Gasteiger partial charge in [0.05, 0.1) is 5.69 Å². The molecule has 6 rings (SSSR count). The maximum atomic E-state index is 13.0. The Morgan fingerprint density at radius 2 is 1.77 bits per heavy atom. The van der Waals surface area contributed by atoms with Crippen molar-refractivity contribution in [2.24, 2.45) is 23.2 Å². The molecule has 1 N–H and O–H groups in total. The van der Waals surface area contributed by atoms with Crippen molar-refractivity contribution in [3.05, 3.63) is 11.1 Å². The fraction of sp³-hybridized carbons (Fsp3) is 0.810. The van der Waals surface area contributed by atoms with Gasteiger partial charge in [0.25, 0.3) is 0 Å². The topological polar surface area (TPSA) is 45.2 Å². The maximum absolute atomic E-state index is 13.0. The van der Waals surface area contributed by atoms with E-state index >= 15 is 0 Å². The summed E-state index contributed by atoms with van der Waals surface area (Å²) in [4.78, 5) is 20.2. The third-order valence-corrected chi connectivity index (χ3v) is 8.30. The number of hydrogen-bond acceptors (Lipinski definition) is 4. The Labute approximate surface area is 160 Å². The van der Waals surface area contributed by atoms with E-state index in [1.54, 1.807) is 11.3 Å². The van der Waals surface area contributed by atoms with Crippen LogP contribution in [-0.4, -0.2) is 30.5 Å². The van der Waals surface area contributed by atoms with Crippen LogP contribution in [0.1, 0.15) is 63.5 Å². The molecule has 4 nitrogen and oxygen atoms in total. The highest BCUT2D eigenvalue weighted by Crippen LogP contribution is 2.60. The van der Waals surface area contributed by atoms with Gasteiger partial charge in [0.2, 0.25) is 5.91 Å². The standard InChI is InChI=1S/C21H31N3OS/c25-19(21-11-15-8-16(12-21)10-17(9-15)13-21)22-5-4-18-14-26-20(23-18)24-6-2-1-3-7-24/h14-17H,1-13H2,(H,22,25). The van der Waals surface area contributed by atoms with E-state index in [0.29, 0.717) is 5.91 Å². The van der Waals surface area contributed by atoms with Crippen LogP contribution in [0, 0.1) is 23.2 Å². The third-order valence-electron chi connectivity index (χ3n) is 7.35. The summed E-state index contributed by atoms with van der Waals surface area (Å²) in [5.41, 5.74) is 1.12. The largest absolute Gasteiger partial charge is 0.355 e. The zero-order valence-electron chi connectivity index (χ0n) is 15.7. The first kappa shape index (κ1) is 17.0. The molecule has 5 heteroatoms. The van der Waals surface area contributed by atoms with Crippen LogP contribution in [0.5, 0.6) is 0 Å². The van der Waals surface area contributed by atoms with Crippen LogP contribution in [0.3, 0.4) is 0 Å². The zero-order valence-corrected chi connectivity index (χ0v) is 16.5. The molecule has 5 fully saturated rings. The van der Waals surface area contributed by atoms with E-state index in [1.165, 1.54) is 43.7 Å². The number of anilines is 1. The van der Waals surface area contributed by atoms with Crippen molar-refractivity contribution in [2.75, 3.05) is 24.5 Å². The van der Waals surface area contributed by atoms with Gasteiger partial charge in [-0.1, -0.05) is 0 Å². The quantitative estimate of drug-likeness (QED) is 0.848. The average molecular weight is 374 g/mol. The van der Waals surface area contributed by atoms with Gasteiger partial charge in [0, 0.05) is 36.9 Å². The van der Waals surface area contributed by atoms with E-state index in [4.69, 9.17) is 4.98 Å². The molecule has 0 spiro atoms. The number of aromatic nitrogens is 1. The van der Waals surface area contributed by atoms with Crippen LogP contribution in [0.2, 0.25) is 0 Å². The highest BCUT2D eigenvalue weighted by molar-refractivity contribution is 7.13. The van der Waals surface area contributed by atoms with E-state index in [-0.39, 0.29) is 5.41 Å². The van der Waals surface area contributed by atoms with Crippen molar-refractivity contribution in [1.29, 1.82) is 0 Å². The summed E-state index contributed by atoms with van der Waals surface area (Å²) >= 11 is 1.76. The summed E-state index contributed by atoms with van der Waals surface area (Å²) in [5, 5.41) is 6.64. The summed E-state index contributed by atoms with van der Waals surface area (Å²) in [6, 6.07) is 0. The minimum atomic E-state index is -0.0181. The van der Waals surface area contributed by atoms with E-state index in [1.807, 2.05) is 0 Å². The first-order valence-corrected chi connectivity index (χ1v) is 11.6. The first-order chi connectivity index (χ1) is 12.7. The highest BCUT2D eigenvalue weighted by Gasteiger charge is 2.54. The SMILES string of the molecule is O=C(NCCc1csc(N2CCCCC2)n1)C12CC3CC(CC(C3)C1)C2. The number of rotatable bonds is 5. The zero-order chi connectivity index (χ0) is 17.6. The Hall–Kier alpha value is -1.10. The van der Waals surface area contributed by atoms with E-state index in [0.717, 1.165) is 68.8 Å². The van der Waals surface area contributed by atoms with Gasteiger partial charge in [0.15, 0.2) is 5.13 Å². The van der Waals surface area contributed by atoms with Gasteiger partial charge in [-0.3, -0.25) is 4.79 Å². The predicted octanol–water partition coefficient (Wildman–Crippen LogP) is 4.01. The van der Waals surface area contributed by atoms with Gasteiger partial charge in [-0.2, -0.15) is 0 Å². The van der Waals surface area contributed by atoms with Crippen LogP contribution < -0.4 is 10.2 Å². The van der Waals surface area contributed by atoms with Gasteiger partial charge in [-0.05, 0) is 75.5 Å². The Morgan fingerprint density at radius 1 is 1.12 bits per heavy atom. The summed E-state index contributed by atoms with van der Waals surface area (Å²) < 4.78 is 0. The molecule has 0 aromatic carbocycles. The Morgan fingerprint density at radius 3 is 2.42 bits per heavy atom. The molecule has 0 atom stereocenters. The summed E-state index contributed by atoms with van der Waals surface area (Å²) in [6.45, 7) is 3.04. The molecule has 1 saturated heterocycles. The van der Waals surface area contributed by atoms with E-state index in [9.17, 15) is 4.79 Å². The average Bonchev–Trinajstić information content (AvgIpc) is 3.10. The van der Waals surface area contributed by atoms with Crippen LogP contribution >= 0.6 is 11.3 Å². The number of nitrogens with one attached hydrogen (secondary N) is 1. The molecule has 4 bridgehead atoms. The molecular weight excluding hydrogens is 342 g/mol. The first-order valence-electron chi connectivity index (χ1n) is 10.7. The summed E-state index contributed by atoms with van der Waals surface area (Å²) in [6.07, 6.45) is 12.4. The van der Waals surface area contributed by atoms with Crippen molar-refractivity contribution in [3.63, 3.8) is 0 Å². The highest BCUT2D eigenvalue weighted by atomic mass is 32.1. The molecule has 142 valence electrons. The number of piperidine rings is 1. The molecule has 2 heterocycles. The molecule has 1 amide bonds. The second-order valence-corrected chi connectivity index (χ2v) is 10.2. The Bertz CT molecular complexity index is 629. The van der Waals surface area contributed by atoms with Gasteiger partial charge in [-0.15, -0.1) is 11.3 Å². The van der Waals surface area contributed by atoms with Gasteiger partial charge < -0.3 is 10.2 Å². The number of amides is 1. The number of carbonyl (C=O) groups is 1. The van der Waals surface area contributed by atoms with Gasteiger partial charge in [-0.25, -0.2) is 4.98 Å². The van der Waals surface area contributed by atoms with Crippen LogP contribution in [0.4, 0.5) is 5.13 Å². The fourth-order valence-electron chi connectivity index (χ4n) is 6.52. The van der Waals surface area contributed by atoms with Gasteiger partial charge in [0.1, 0.15) is 0 Å². The minimum absolute atomic E-state index is 0.0181. The number of carbonyl (C=O) groups excluding carboxylic acids is 1. The molecule has 1 aliphatic heterocycles. The predicted molar refractivity (Wildman–Crippen MR) is 105 cm³/mol. The molecule has 0 unspecified atom stereocenters. The second kappa shape index (κ2) is 6.81. The minimum Gasteiger partial charge on any atom is -0.355 e. The molecule has 1 aromatic heterocycles. The molecule has 0 radical (unpaired) electrons. The molecular formula is C21H31N3OS. The smallest absolute Gasteiger partial charge is 0.226 e. The molecule has 4 aliphatic carbocycles. The van der Waals surface area contributed by atoms with Crippen molar-refractivity contribution in [3.8, 4) is 0 Å². The lowest BCUT2D eigenvalue weighted by Crippen LogP contribution is -2.53. The molecule has 1 aromatic rings. The summed E-state index contributed by atoms with van der Waals surface area (Å²) in [7, 11) is 0. The summed E-state index contributed by atoms with van der Waals surface area (Å²) in [5.74, 6) is 2.84. The second-order valence-electron chi connectivity index (χ2n) is 9.37. The van der Waals surface area contributed by atoms with Crippen molar-refractivity contribution in [2.45, 2.75) is 64.2 Å². The van der Waals surface area contributed by atoms with Crippen LogP contribution in [0.15, 0.2) is 5.38 Å². The lowest BCUT2D eigenvalue weighted by molar-refractivity contribution is -0.146. The Balaban J connectivity index is 1.15. The number of nitrogens with zero attached hydrogens (tertiary/aromatic N) is 2. The third kappa shape index (κ3) is 3.17.